The highest BCUT2D eigenvalue weighted by atomic mass is 13.9. The van der Waals surface area contributed by atoms with Crippen LogP contribution in [-0.4, -0.2) is 0 Å². The maximum absolute atomic E-state index is 2.32. The first-order chi connectivity index (χ1) is 6.91. The minimum Gasteiger partial charge on any atom is -0.0888 e. The molecule has 0 radical (unpaired) electrons. The SMILES string of the molecule is CC.CC/C=C\CCCCCCCC. The third-order valence-electron chi connectivity index (χ3n) is 2.13. The highest BCUT2D eigenvalue weighted by Gasteiger charge is 1.87. The lowest BCUT2D eigenvalue weighted by molar-refractivity contribution is 0.611. The molecule has 86 valence electrons. The summed E-state index contributed by atoms with van der Waals surface area (Å²) in [6, 6.07) is 0. The zero-order chi connectivity index (χ0) is 11.1. The summed E-state index contributed by atoms with van der Waals surface area (Å²) in [6.45, 7) is 8.46. The van der Waals surface area contributed by atoms with Crippen molar-refractivity contribution in [1.82, 2.24) is 0 Å². The van der Waals surface area contributed by atoms with Crippen molar-refractivity contribution in [2.45, 2.75) is 79.1 Å². The van der Waals surface area contributed by atoms with Gasteiger partial charge in [-0.15, -0.1) is 0 Å². The third-order valence-corrected chi connectivity index (χ3v) is 2.13. The molecule has 0 saturated carbocycles. The molecule has 0 heterocycles. The summed E-state index contributed by atoms with van der Waals surface area (Å²) < 4.78 is 0. The molecule has 0 unspecified atom stereocenters. The van der Waals surface area contributed by atoms with Gasteiger partial charge in [-0.05, 0) is 19.3 Å². The maximum atomic E-state index is 2.32. The second-order valence-corrected chi connectivity index (χ2v) is 3.44. The van der Waals surface area contributed by atoms with Crippen molar-refractivity contribution in [3.05, 3.63) is 12.2 Å². The van der Waals surface area contributed by atoms with E-state index in [0.717, 1.165) is 0 Å². The van der Waals surface area contributed by atoms with Crippen LogP contribution >= 0.6 is 0 Å². The minimum atomic E-state index is 1.19. The first-order valence-corrected chi connectivity index (χ1v) is 6.56. The van der Waals surface area contributed by atoms with Gasteiger partial charge in [0.2, 0.25) is 0 Å². The van der Waals surface area contributed by atoms with Gasteiger partial charge in [-0.2, -0.15) is 0 Å². The Morgan fingerprint density at radius 1 is 0.714 bits per heavy atom. The molecule has 0 N–H and O–H groups in total. The molecule has 0 saturated heterocycles. The largest absolute Gasteiger partial charge is 0.0888 e. The Hall–Kier alpha value is -0.260. The van der Waals surface area contributed by atoms with Gasteiger partial charge in [0.05, 0.1) is 0 Å². The van der Waals surface area contributed by atoms with Gasteiger partial charge >= 0.3 is 0 Å². The van der Waals surface area contributed by atoms with Crippen LogP contribution in [0.2, 0.25) is 0 Å². The Balaban J connectivity index is 0. The first kappa shape index (κ1) is 16.2. The Morgan fingerprint density at radius 3 is 1.86 bits per heavy atom. The number of unbranched alkanes of at least 4 members (excludes halogenated alkanes) is 6. The van der Waals surface area contributed by atoms with E-state index in [4.69, 9.17) is 0 Å². The fourth-order valence-electron chi connectivity index (χ4n) is 1.33. The molecule has 0 bridgehead atoms. The van der Waals surface area contributed by atoms with E-state index >= 15 is 0 Å². The van der Waals surface area contributed by atoms with Crippen LogP contribution in [0.15, 0.2) is 12.2 Å². The van der Waals surface area contributed by atoms with E-state index in [-0.39, 0.29) is 0 Å². The van der Waals surface area contributed by atoms with Crippen molar-refractivity contribution >= 4 is 0 Å². The molecule has 0 aliphatic rings. The molecular formula is C14H30. The van der Waals surface area contributed by atoms with E-state index in [1.54, 1.807) is 0 Å². The zero-order valence-electron chi connectivity index (χ0n) is 10.8. The minimum absolute atomic E-state index is 1.19. The summed E-state index contributed by atoms with van der Waals surface area (Å²) in [5.74, 6) is 0. The second kappa shape index (κ2) is 18.5. The van der Waals surface area contributed by atoms with E-state index in [1.807, 2.05) is 13.8 Å². The highest BCUT2D eigenvalue weighted by molar-refractivity contribution is 4.79. The first-order valence-electron chi connectivity index (χ1n) is 6.56. The van der Waals surface area contributed by atoms with Gasteiger partial charge in [-0.3, -0.25) is 0 Å². The molecule has 0 atom stereocenters. The van der Waals surface area contributed by atoms with Crippen molar-refractivity contribution in [3.63, 3.8) is 0 Å². The zero-order valence-corrected chi connectivity index (χ0v) is 10.8. The van der Waals surface area contributed by atoms with Crippen molar-refractivity contribution < 1.29 is 0 Å². The molecule has 0 aliphatic heterocycles. The molecule has 0 spiro atoms. The van der Waals surface area contributed by atoms with Gasteiger partial charge in [-0.1, -0.05) is 72.0 Å². The average Bonchev–Trinajstić information content (AvgIpc) is 2.25. The standard InChI is InChI=1S/C12H24.C2H6/c1-3-5-7-9-11-12-10-8-6-4-2;1-2/h5,7H,3-4,6,8-12H2,1-2H3;1-2H3/b7-5-;. The molecule has 0 aromatic rings. The van der Waals surface area contributed by atoms with Gasteiger partial charge in [0.15, 0.2) is 0 Å². The summed E-state index contributed by atoms with van der Waals surface area (Å²) >= 11 is 0. The Labute approximate surface area is 91.8 Å². The topological polar surface area (TPSA) is 0 Å². The van der Waals surface area contributed by atoms with E-state index in [0.29, 0.717) is 0 Å². The van der Waals surface area contributed by atoms with Crippen LogP contribution in [0.3, 0.4) is 0 Å². The molecule has 0 fully saturated rings. The smallest absolute Gasteiger partial charge is 0.0351 e. The van der Waals surface area contributed by atoms with Crippen LogP contribution in [0, 0.1) is 0 Å². The predicted molar refractivity (Wildman–Crippen MR) is 68.8 cm³/mol. The summed E-state index contributed by atoms with van der Waals surface area (Å²) in [7, 11) is 0. The fourth-order valence-corrected chi connectivity index (χ4v) is 1.33. The van der Waals surface area contributed by atoms with Crippen LogP contribution in [0.4, 0.5) is 0 Å². The number of hydrogen-bond donors (Lipinski definition) is 0. The normalized spacial score (nSPS) is 10.0. The average molecular weight is 198 g/mol. The molecule has 0 aromatic heterocycles. The molecular weight excluding hydrogens is 168 g/mol. The summed E-state index contributed by atoms with van der Waals surface area (Å²) in [5.41, 5.74) is 0. The van der Waals surface area contributed by atoms with Gasteiger partial charge in [0.1, 0.15) is 0 Å². The summed E-state index contributed by atoms with van der Waals surface area (Å²) in [5, 5.41) is 0. The quantitative estimate of drug-likeness (QED) is 0.345. The van der Waals surface area contributed by atoms with Crippen LogP contribution < -0.4 is 0 Å². The van der Waals surface area contributed by atoms with Crippen LogP contribution in [-0.2, 0) is 0 Å². The monoisotopic (exact) mass is 198 g/mol. The van der Waals surface area contributed by atoms with Gasteiger partial charge in [0.25, 0.3) is 0 Å². The predicted octanol–water partition coefficient (Wildman–Crippen LogP) is 5.73. The molecule has 0 rings (SSSR count). The Kier molecular flexibility index (Phi) is 21.4. The molecule has 0 amide bonds. The second-order valence-electron chi connectivity index (χ2n) is 3.44. The molecule has 0 aromatic carbocycles. The number of rotatable bonds is 8. The lowest BCUT2D eigenvalue weighted by atomic mass is 10.1. The molecule has 0 heteroatoms. The van der Waals surface area contributed by atoms with Crippen molar-refractivity contribution in [2.75, 3.05) is 0 Å². The van der Waals surface area contributed by atoms with Gasteiger partial charge in [0, 0.05) is 0 Å². The van der Waals surface area contributed by atoms with E-state index < -0.39 is 0 Å². The van der Waals surface area contributed by atoms with Crippen LogP contribution in [0.5, 0.6) is 0 Å². The van der Waals surface area contributed by atoms with Crippen molar-refractivity contribution in [1.29, 1.82) is 0 Å². The number of allylic oxidation sites excluding steroid dienone is 2. The number of hydrogen-bond acceptors (Lipinski definition) is 0. The fraction of sp³-hybridized carbons (Fsp3) is 0.857. The maximum Gasteiger partial charge on any atom is -0.0351 e. The third kappa shape index (κ3) is 17.7. The van der Waals surface area contributed by atoms with Crippen molar-refractivity contribution in [2.24, 2.45) is 0 Å². The van der Waals surface area contributed by atoms with E-state index in [9.17, 15) is 0 Å². The van der Waals surface area contributed by atoms with Crippen molar-refractivity contribution in [3.8, 4) is 0 Å². The van der Waals surface area contributed by atoms with Crippen LogP contribution in [0.1, 0.15) is 79.1 Å². The van der Waals surface area contributed by atoms with E-state index in [2.05, 4.69) is 26.0 Å². The van der Waals surface area contributed by atoms with E-state index in [1.165, 1.54) is 51.4 Å². The van der Waals surface area contributed by atoms with Gasteiger partial charge < -0.3 is 0 Å². The summed E-state index contributed by atoms with van der Waals surface area (Å²) in [6.07, 6.45) is 15.5. The molecule has 14 heavy (non-hydrogen) atoms. The molecule has 0 aliphatic carbocycles. The van der Waals surface area contributed by atoms with Gasteiger partial charge in [-0.25, -0.2) is 0 Å². The summed E-state index contributed by atoms with van der Waals surface area (Å²) in [4.78, 5) is 0. The van der Waals surface area contributed by atoms with Crippen LogP contribution in [0.25, 0.3) is 0 Å². The Bertz CT molecular complexity index is 92.2. The Morgan fingerprint density at radius 2 is 1.29 bits per heavy atom. The lowest BCUT2D eigenvalue weighted by Crippen LogP contribution is -1.77. The highest BCUT2D eigenvalue weighted by Crippen LogP contribution is 2.07. The molecule has 0 nitrogen and oxygen atoms in total. The lowest BCUT2D eigenvalue weighted by Gasteiger charge is -1.97.